The van der Waals surface area contributed by atoms with Crippen molar-refractivity contribution in [1.82, 2.24) is 10.1 Å². The summed E-state index contributed by atoms with van der Waals surface area (Å²) >= 11 is 0. The molecule has 1 aliphatic rings. The third-order valence-corrected chi connectivity index (χ3v) is 3.82. The highest BCUT2D eigenvalue weighted by molar-refractivity contribution is 5.02. The fourth-order valence-electron chi connectivity index (χ4n) is 1.93. The maximum absolute atomic E-state index is 6.23. The molecule has 0 radical (unpaired) electrons. The van der Waals surface area contributed by atoms with Crippen molar-refractivity contribution in [3.63, 3.8) is 0 Å². The Morgan fingerprint density at radius 1 is 1.50 bits per heavy atom. The van der Waals surface area contributed by atoms with Gasteiger partial charge in [0.15, 0.2) is 5.82 Å². The van der Waals surface area contributed by atoms with Crippen LogP contribution in [0.3, 0.4) is 0 Å². The van der Waals surface area contributed by atoms with Crippen molar-refractivity contribution in [2.45, 2.75) is 63.7 Å². The molecule has 1 saturated carbocycles. The summed E-state index contributed by atoms with van der Waals surface area (Å²) in [5, 5.41) is 3.98. The van der Waals surface area contributed by atoms with Crippen molar-refractivity contribution in [3.8, 4) is 0 Å². The Balaban J connectivity index is 1.85. The van der Waals surface area contributed by atoms with Gasteiger partial charge in [0.25, 0.3) is 0 Å². The molecule has 6 heteroatoms. The number of nitrogens with two attached hydrogens (primary N) is 1. The lowest BCUT2D eigenvalue weighted by Gasteiger charge is -2.29. The number of hydrogen-bond acceptors (Lipinski definition) is 6. The molecule has 6 nitrogen and oxygen atoms in total. The first kappa shape index (κ1) is 15.4. The van der Waals surface area contributed by atoms with Crippen LogP contribution in [-0.4, -0.2) is 36.1 Å². The van der Waals surface area contributed by atoms with Crippen LogP contribution in [0.5, 0.6) is 0 Å². The van der Waals surface area contributed by atoms with E-state index in [0.29, 0.717) is 30.8 Å². The monoisotopic (exact) mass is 283 g/mol. The number of aromatic nitrogens is 2. The van der Waals surface area contributed by atoms with E-state index >= 15 is 0 Å². The number of ether oxygens (including phenoxy) is 2. The van der Waals surface area contributed by atoms with E-state index in [4.69, 9.17) is 19.7 Å². The summed E-state index contributed by atoms with van der Waals surface area (Å²) in [6, 6.07) is 0. The number of nitrogens with zero attached hydrogens (tertiary/aromatic N) is 2. The molecule has 0 saturated heterocycles. The van der Waals surface area contributed by atoms with Crippen LogP contribution in [0.1, 0.15) is 51.2 Å². The summed E-state index contributed by atoms with van der Waals surface area (Å²) in [5.41, 5.74) is 5.52. The summed E-state index contributed by atoms with van der Waals surface area (Å²) in [5.74, 6) is 1.11. The molecule has 1 aliphatic carbocycles. The predicted octanol–water partition coefficient (Wildman–Crippen LogP) is 1.78. The summed E-state index contributed by atoms with van der Waals surface area (Å²) in [6.07, 6.45) is 5.57. The van der Waals surface area contributed by atoms with Gasteiger partial charge in [0.1, 0.15) is 5.54 Å². The minimum atomic E-state index is -0.704. The zero-order chi connectivity index (χ0) is 14.6. The highest BCUT2D eigenvalue weighted by atomic mass is 16.5. The second-order valence-corrected chi connectivity index (χ2v) is 5.88. The SMILES string of the molecule is COC(C)CCc1nc(C(C)(N)COC2CCC2)no1. The van der Waals surface area contributed by atoms with E-state index in [0.717, 1.165) is 19.3 Å². The second kappa shape index (κ2) is 6.65. The van der Waals surface area contributed by atoms with Gasteiger partial charge in [-0.25, -0.2) is 0 Å². The number of rotatable bonds is 8. The molecular weight excluding hydrogens is 258 g/mol. The largest absolute Gasteiger partial charge is 0.382 e. The smallest absolute Gasteiger partial charge is 0.226 e. The minimum absolute atomic E-state index is 0.177. The molecule has 2 unspecified atom stereocenters. The first-order chi connectivity index (χ1) is 9.51. The van der Waals surface area contributed by atoms with Crippen molar-refractivity contribution < 1.29 is 14.0 Å². The molecule has 0 aromatic carbocycles. The summed E-state index contributed by atoms with van der Waals surface area (Å²) in [7, 11) is 1.69. The highest BCUT2D eigenvalue weighted by Gasteiger charge is 2.30. The van der Waals surface area contributed by atoms with E-state index in [1.165, 1.54) is 6.42 Å². The summed E-state index contributed by atoms with van der Waals surface area (Å²) < 4.78 is 16.2. The van der Waals surface area contributed by atoms with Crippen LogP contribution >= 0.6 is 0 Å². The molecular formula is C14H25N3O3. The van der Waals surface area contributed by atoms with E-state index in [2.05, 4.69) is 10.1 Å². The Hall–Kier alpha value is -0.980. The van der Waals surface area contributed by atoms with Gasteiger partial charge in [-0.05, 0) is 39.5 Å². The molecule has 2 N–H and O–H groups in total. The van der Waals surface area contributed by atoms with Gasteiger partial charge in [-0.1, -0.05) is 5.16 Å². The van der Waals surface area contributed by atoms with Crippen molar-refractivity contribution in [2.24, 2.45) is 5.73 Å². The molecule has 0 aliphatic heterocycles. The standard InChI is InChI=1S/C14H25N3O3/c1-10(18-3)7-8-12-16-13(17-20-12)14(2,15)9-19-11-5-4-6-11/h10-11H,4-9,15H2,1-3H3. The Morgan fingerprint density at radius 3 is 2.85 bits per heavy atom. The average molecular weight is 283 g/mol. The number of aryl methyl sites for hydroxylation is 1. The van der Waals surface area contributed by atoms with Gasteiger partial charge in [0.2, 0.25) is 5.89 Å². The van der Waals surface area contributed by atoms with Crippen LogP contribution in [0.2, 0.25) is 0 Å². The lowest BCUT2D eigenvalue weighted by atomic mass is 9.95. The topological polar surface area (TPSA) is 83.4 Å². The van der Waals surface area contributed by atoms with Crippen LogP contribution in [0.15, 0.2) is 4.52 Å². The molecule has 0 bridgehead atoms. The zero-order valence-electron chi connectivity index (χ0n) is 12.6. The first-order valence-electron chi connectivity index (χ1n) is 7.27. The van der Waals surface area contributed by atoms with Gasteiger partial charge in [0.05, 0.1) is 18.8 Å². The average Bonchev–Trinajstić information content (AvgIpc) is 2.83. The van der Waals surface area contributed by atoms with Crippen molar-refractivity contribution >= 4 is 0 Å². The second-order valence-electron chi connectivity index (χ2n) is 5.88. The molecule has 0 spiro atoms. The third kappa shape index (κ3) is 4.01. The Labute approximate surface area is 120 Å². The quantitative estimate of drug-likeness (QED) is 0.783. The van der Waals surface area contributed by atoms with Crippen molar-refractivity contribution in [3.05, 3.63) is 11.7 Å². The lowest BCUT2D eigenvalue weighted by molar-refractivity contribution is -0.0222. The highest BCUT2D eigenvalue weighted by Crippen LogP contribution is 2.24. The molecule has 1 heterocycles. The fraction of sp³-hybridized carbons (Fsp3) is 0.857. The molecule has 2 atom stereocenters. The van der Waals surface area contributed by atoms with Gasteiger partial charge in [0, 0.05) is 13.5 Å². The summed E-state index contributed by atoms with van der Waals surface area (Å²) in [6.45, 7) is 4.31. The van der Waals surface area contributed by atoms with Gasteiger partial charge in [-0.2, -0.15) is 4.98 Å². The van der Waals surface area contributed by atoms with Crippen LogP contribution in [-0.2, 0) is 21.4 Å². The Kier molecular flexibility index (Phi) is 5.12. The van der Waals surface area contributed by atoms with E-state index in [1.54, 1.807) is 7.11 Å². The van der Waals surface area contributed by atoms with Gasteiger partial charge in [-0.15, -0.1) is 0 Å². The predicted molar refractivity (Wildman–Crippen MR) is 74.2 cm³/mol. The molecule has 1 aromatic heterocycles. The van der Waals surface area contributed by atoms with Crippen LogP contribution in [0.25, 0.3) is 0 Å². The normalized spacial score (nSPS) is 20.4. The van der Waals surface area contributed by atoms with Crippen LogP contribution < -0.4 is 5.73 Å². The Morgan fingerprint density at radius 2 is 2.25 bits per heavy atom. The summed E-state index contributed by atoms with van der Waals surface area (Å²) in [4.78, 5) is 4.37. The van der Waals surface area contributed by atoms with Gasteiger partial charge >= 0.3 is 0 Å². The van der Waals surface area contributed by atoms with Crippen molar-refractivity contribution in [2.75, 3.05) is 13.7 Å². The number of methoxy groups -OCH3 is 1. The van der Waals surface area contributed by atoms with Crippen molar-refractivity contribution in [1.29, 1.82) is 0 Å². The lowest BCUT2D eigenvalue weighted by Crippen LogP contribution is -2.41. The molecule has 114 valence electrons. The molecule has 2 rings (SSSR count). The molecule has 20 heavy (non-hydrogen) atoms. The third-order valence-electron chi connectivity index (χ3n) is 3.82. The van der Waals surface area contributed by atoms with E-state index in [1.807, 2.05) is 13.8 Å². The van der Waals surface area contributed by atoms with Crippen LogP contribution in [0, 0.1) is 0 Å². The zero-order valence-corrected chi connectivity index (χ0v) is 12.6. The molecule has 1 fully saturated rings. The molecule has 1 aromatic rings. The van der Waals surface area contributed by atoms with E-state index in [9.17, 15) is 0 Å². The van der Waals surface area contributed by atoms with E-state index < -0.39 is 5.54 Å². The maximum atomic E-state index is 6.23. The fourth-order valence-corrected chi connectivity index (χ4v) is 1.93. The maximum Gasteiger partial charge on any atom is 0.226 e. The number of hydrogen-bond donors (Lipinski definition) is 1. The first-order valence-corrected chi connectivity index (χ1v) is 7.27. The molecule has 0 amide bonds. The van der Waals surface area contributed by atoms with Crippen LogP contribution in [0.4, 0.5) is 0 Å². The van der Waals surface area contributed by atoms with Gasteiger partial charge in [-0.3, -0.25) is 0 Å². The Bertz CT molecular complexity index is 416. The van der Waals surface area contributed by atoms with E-state index in [-0.39, 0.29) is 6.10 Å². The minimum Gasteiger partial charge on any atom is -0.382 e. The van der Waals surface area contributed by atoms with Gasteiger partial charge < -0.3 is 19.7 Å².